The van der Waals surface area contributed by atoms with Crippen molar-refractivity contribution in [3.8, 4) is 0 Å². The molecule has 0 bridgehead atoms. The molecule has 4 heteroatoms. The predicted molar refractivity (Wildman–Crippen MR) is 70.6 cm³/mol. The minimum atomic E-state index is -0.176. The minimum Gasteiger partial charge on any atom is -0.349 e. The van der Waals surface area contributed by atoms with Gasteiger partial charge in [0.2, 0.25) is 5.91 Å². The van der Waals surface area contributed by atoms with Crippen molar-refractivity contribution < 1.29 is 9.59 Å². The van der Waals surface area contributed by atoms with Crippen LogP contribution in [0.3, 0.4) is 0 Å². The van der Waals surface area contributed by atoms with Crippen LogP contribution in [0.1, 0.15) is 23.2 Å². The maximum absolute atomic E-state index is 12.0. The Kier molecular flexibility index (Phi) is 3.77. The van der Waals surface area contributed by atoms with E-state index in [4.69, 9.17) is 0 Å². The third-order valence-corrected chi connectivity index (χ3v) is 2.92. The van der Waals surface area contributed by atoms with E-state index in [0.29, 0.717) is 30.8 Å². The third kappa shape index (κ3) is 2.42. The summed E-state index contributed by atoms with van der Waals surface area (Å²) in [6.45, 7) is 4.66. The molecule has 0 radical (unpaired) electrons. The van der Waals surface area contributed by atoms with E-state index in [0.717, 1.165) is 6.42 Å². The van der Waals surface area contributed by atoms with Gasteiger partial charge in [-0.1, -0.05) is 18.2 Å². The average Bonchev–Trinajstić information content (AvgIpc) is 2.82. The standard InChI is InChI=1S/C14H16N2O2/c1-2-9-15-14(18)11-6-3-4-7-12(11)16-10-5-8-13(16)17/h2-4,6-7H,1,5,8-10H2,(H,15,18). The maximum Gasteiger partial charge on any atom is 0.253 e. The van der Waals surface area contributed by atoms with E-state index in [1.807, 2.05) is 12.1 Å². The Morgan fingerprint density at radius 3 is 2.89 bits per heavy atom. The quantitative estimate of drug-likeness (QED) is 0.820. The molecule has 1 saturated heterocycles. The molecular weight excluding hydrogens is 228 g/mol. The lowest BCUT2D eigenvalue weighted by atomic mass is 10.1. The second-order valence-electron chi connectivity index (χ2n) is 4.16. The van der Waals surface area contributed by atoms with Crippen LogP contribution in [0, 0.1) is 0 Å². The molecule has 1 aliphatic heterocycles. The SMILES string of the molecule is C=CCNC(=O)c1ccccc1N1CCCC1=O. The van der Waals surface area contributed by atoms with Crippen molar-refractivity contribution in [3.05, 3.63) is 42.5 Å². The Morgan fingerprint density at radius 1 is 1.44 bits per heavy atom. The van der Waals surface area contributed by atoms with Gasteiger partial charge in [0.1, 0.15) is 0 Å². The summed E-state index contributed by atoms with van der Waals surface area (Å²) in [7, 11) is 0. The second kappa shape index (κ2) is 5.49. The molecule has 0 aromatic heterocycles. The zero-order chi connectivity index (χ0) is 13.0. The van der Waals surface area contributed by atoms with Crippen LogP contribution in [0.2, 0.25) is 0 Å². The van der Waals surface area contributed by atoms with Crippen LogP contribution in [0.25, 0.3) is 0 Å². The fraction of sp³-hybridized carbons (Fsp3) is 0.286. The smallest absolute Gasteiger partial charge is 0.253 e. The topological polar surface area (TPSA) is 49.4 Å². The van der Waals surface area contributed by atoms with Crippen molar-refractivity contribution in [2.75, 3.05) is 18.0 Å². The van der Waals surface area contributed by atoms with Gasteiger partial charge in [0.15, 0.2) is 0 Å². The van der Waals surface area contributed by atoms with E-state index < -0.39 is 0 Å². The number of hydrogen-bond donors (Lipinski definition) is 1. The lowest BCUT2D eigenvalue weighted by Gasteiger charge is -2.19. The molecule has 1 aromatic rings. The van der Waals surface area contributed by atoms with Crippen molar-refractivity contribution in [2.45, 2.75) is 12.8 Å². The summed E-state index contributed by atoms with van der Waals surface area (Å²) in [4.78, 5) is 25.4. The van der Waals surface area contributed by atoms with Gasteiger partial charge in [0.25, 0.3) is 5.91 Å². The number of anilines is 1. The zero-order valence-electron chi connectivity index (χ0n) is 10.2. The predicted octanol–water partition coefficient (Wildman–Crippen LogP) is 1.73. The Balaban J connectivity index is 2.27. The summed E-state index contributed by atoms with van der Waals surface area (Å²) in [5.74, 6) is -0.0934. The van der Waals surface area contributed by atoms with Gasteiger partial charge in [-0.05, 0) is 18.6 Å². The Morgan fingerprint density at radius 2 is 2.22 bits per heavy atom. The molecule has 0 atom stereocenters. The maximum atomic E-state index is 12.0. The number of hydrogen-bond acceptors (Lipinski definition) is 2. The van der Waals surface area contributed by atoms with Gasteiger partial charge >= 0.3 is 0 Å². The molecule has 2 rings (SSSR count). The Labute approximate surface area is 106 Å². The monoisotopic (exact) mass is 244 g/mol. The summed E-state index contributed by atoms with van der Waals surface area (Å²) in [6.07, 6.45) is 3.03. The number of carbonyl (C=O) groups excluding carboxylic acids is 2. The van der Waals surface area contributed by atoms with Crippen LogP contribution in [0.5, 0.6) is 0 Å². The number of carbonyl (C=O) groups is 2. The number of nitrogens with one attached hydrogen (secondary N) is 1. The first-order valence-electron chi connectivity index (χ1n) is 6.02. The molecule has 1 aromatic carbocycles. The molecule has 0 saturated carbocycles. The molecule has 4 nitrogen and oxygen atoms in total. The highest BCUT2D eigenvalue weighted by Gasteiger charge is 2.25. The zero-order valence-corrected chi connectivity index (χ0v) is 10.2. The number of amides is 2. The number of benzene rings is 1. The first-order valence-corrected chi connectivity index (χ1v) is 6.02. The van der Waals surface area contributed by atoms with Crippen LogP contribution in [-0.4, -0.2) is 24.9 Å². The molecule has 1 N–H and O–H groups in total. The van der Waals surface area contributed by atoms with E-state index in [-0.39, 0.29) is 11.8 Å². The van der Waals surface area contributed by atoms with Crippen LogP contribution < -0.4 is 10.2 Å². The van der Waals surface area contributed by atoms with Gasteiger partial charge in [-0.15, -0.1) is 6.58 Å². The van der Waals surface area contributed by atoms with E-state index in [9.17, 15) is 9.59 Å². The molecule has 1 heterocycles. The summed E-state index contributed by atoms with van der Waals surface area (Å²) in [5, 5.41) is 2.73. The van der Waals surface area contributed by atoms with Gasteiger partial charge < -0.3 is 10.2 Å². The van der Waals surface area contributed by atoms with Crippen LogP contribution in [0.15, 0.2) is 36.9 Å². The summed E-state index contributed by atoms with van der Waals surface area (Å²) >= 11 is 0. The van der Waals surface area contributed by atoms with Crippen molar-refractivity contribution >= 4 is 17.5 Å². The molecule has 0 spiro atoms. The van der Waals surface area contributed by atoms with E-state index >= 15 is 0 Å². The van der Waals surface area contributed by atoms with Crippen LogP contribution in [0.4, 0.5) is 5.69 Å². The molecule has 18 heavy (non-hydrogen) atoms. The molecule has 1 fully saturated rings. The molecule has 0 unspecified atom stereocenters. The van der Waals surface area contributed by atoms with Crippen molar-refractivity contribution in [1.82, 2.24) is 5.32 Å². The Bertz CT molecular complexity index is 482. The van der Waals surface area contributed by atoms with Crippen molar-refractivity contribution in [2.24, 2.45) is 0 Å². The second-order valence-corrected chi connectivity index (χ2v) is 4.16. The van der Waals surface area contributed by atoms with E-state index in [1.54, 1.807) is 23.1 Å². The van der Waals surface area contributed by atoms with Crippen LogP contribution >= 0.6 is 0 Å². The first-order chi connectivity index (χ1) is 8.74. The first kappa shape index (κ1) is 12.4. The van der Waals surface area contributed by atoms with Gasteiger partial charge in [0, 0.05) is 19.5 Å². The number of nitrogens with zero attached hydrogens (tertiary/aromatic N) is 1. The largest absolute Gasteiger partial charge is 0.349 e. The lowest BCUT2D eigenvalue weighted by molar-refractivity contribution is -0.117. The molecular formula is C14H16N2O2. The van der Waals surface area contributed by atoms with E-state index in [1.165, 1.54) is 0 Å². The highest BCUT2D eigenvalue weighted by atomic mass is 16.2. The Hall–Kier alpha value is -2.10. The molecule has 94 valence electrons. The summed E-state index contributed by atoms with van der Waals surface area (Å²) < 4.78 is 0. The van der Waals surface area contributed by atoms with Crippen molar-refractivity contribution in [1.29, 1.82) is 0 Å². The van der Waals surface area contributed by atoms with E-state index in [2.05, 4.69) is 11.9 Å². The minimum absolute atomic E-state index is 0.0824. The number of rotatable bonds is 4. The highest BCUT2D eigenvalue weighted by molar-refractivity contribution is 6.05. The lowest BCUT2D eigenvalue weighted by Crippen LogP contribution is -2.29. The summed E-state index contributed by atoms with van der Waals surface area (Å²) in [6, 6.07) is 7.18. The van der Waals surface area contributed by atoms with Crippen molar-refractivity contribution in [3.63, 3.8) is 0 Å². The average molecular weight is 244 g/mol. The molecule has 1 aliphatic rings. The summed E-state index contributed by atoms with van der Waals surface area (Å²) in [5.41, 5.74) is 1.23. The number of para-hydroxylation sites is 1. The fourth-order valence-electron chi connectivity index (χ4n) is 2.06. The van der Waals surface area contributed by atoms with Gasteiger partial charge in [0.05, 0.1) is 11.3 Å². The normalized spacial score (nSPS) is 14.7. The third-order valence-electron chi connectivity index (χ3n) is 2.92. The molecule has 2 amide bonds. The molecule has 0 aliphatic carbocycles. The highest BCUT2D eigenvalue weighted by Crippen LogP contribution is 2.25. The fourth-order valence-corrected chi connectivity index (χ4v) is 2.06. The van der Waals surface area contributed by atoms with Gasteiger partial charge in [-0.2, -0.15) is 0 Å². The van der Waals surface area contributed by atoms with Gasteiger partial charge in [-0.25, -0.2) is 0 Å². The van der Waals surface area contributed by atoms with Gasteiger partial charge in [-0.3, -0.25) is 9.59 Å². The van der Waals surface area contributed by atoms with Crippen LogP contribution in [-0.2, 0) is 4.79 Å².